The highest BCUT2D eigenvalue weighted by atomic mass is 16.5. The summed E-state index contributed by atoms with van der Waals surface area (Å²) in [6.07, 6.45) is 10.5. The quantitative estimate of drug-likeness (QED) is 0.654. The summed E-state index contributed by atoms with van der Waals surface area (Å²) in [6.45, 7) is 5.49. The Balaban J connectivity index is 1.23. The Labute approximate surface area is 196 Å². The van der Waals surface area contributed by atoms with Gasteiger partial charge in [0, 0.05) is 44.0 Å². The Morgan fingerprint density at radius 2 is 1.79 bits per heavy atom. The van der Waals surface area contributed by atoms with Gasteiger partial charge in [-0.1, -0.05) is 31.4 Å². The molecule has 7 nitrogen and oxygen atoms in total. The molecule has 1 aromatic heterocycles. The molecule has 3 aliphatic rings. The number of hydrogen-bond acceptors (Lipinski definition) is 6. The first kappa shape index (κ1) is 22.3. The van der Waals surface area contributed by atoms with Gasteiger partial charge in [0.25, 0.3) is 5.91 Å². The van der Waals surface area contributed by atoms with E-state index in [1.54, 1.807) is 6.33 Å². The van der Waals surface area contributed by atoms with Gasteiger partial charge in [-0.15, -0.1) is 0 Å². The number of nitrogens with zero attached hydrogens (tertiary/aromatic N) is 4. The number of rotatable bonds is 8. The van der Waals surface area contributed by atoms with E-state index in [-0.39, 0.29) is 5.91 Å². The van der Waals surface area contributed by atoms with E-state index in [4.69, 9.17) is 4.74 Å². The van der Waals surface area contributed by atoms with E-state index in [1.165, 1.54) is 50.5 Å². The fourth-order valence-corrected chi connectivity index (χ4v) is 4.94. The zero-order valence-corrected chi connectivity index (χ0v) is 19.4. The van der Waals surface area contributed by atoms with E-state index in [2.05, 4.69) is 37.2 Å². The number of carbonyl (C=O) groups is 1. The summed E-state index contributed by atoms with van der Waals surface area (Å²) in [5.41, 5.74) is 2.45. The molecule has 0 unspecified atom stereocenters. The molecular weight excluding hydrogens is 414 g/mol. The van der Waals surface area contributed by atoms with Crippen molar-refractivity contribution in [3.05, 3.63) is 47.9 Å². The second kappa shape index (κ2) is 10.6. The number of morpholine rings is 1. The van der Waals surface area contributed by atoms with E-state index in [9.17, 15) is 4.79 Å². The molecule has 2 aliphatic carbocycles. The minimum atomic E-state index is -0.186. The summed E-state index contributed by atoms with van der Waals surface area (Å²) in [5, 5.41) is 3.01. The van der Waals surface area contributed by atoms with Gasteiger partial charge in [0.05, 0.1) is 13.2 Å². The first-order valence-corrected chi connectivity index (χ1v) is 12.5. The molecule has 1 saturated heterocycles. The lowest BCUT2D eigenvalue weighted by Crippen LogP contribution is -2.39. The molecule has 1 N–H and O–H groups in total. The third kappa shape index (κ3) is 6.09. The number of amides is 1. The summed E-state index contributed by atoms with van der Waals surface area (Å²) in [7, 11) is 0. The Morgan fingerprint density at radius 3 is 2.52 bits per heavy atom. The van der Waals surface area contributed by atoms with Crippen LogP contribution in [0.25, 0.3) is 0 Å². The Morgan fingerprint density at radius 1 is 1.03 bits per heavy atom. The van der Waals surface area contributed by atoms with Crippen molar-refractivity contribution >= 4 is 17.4 Å². The molecule has 2 aromatic rings. The molecule has 5 rings (SSSR count). The molecule has 7 heteroatoms. The number of anilines is 2. The molecule has 1 amide bonds. The summed E-state index contributed by atoms with van der Waals surface area (Å²) >= 11 is 0. The molecule has 1 aliphatic heterocycles. The predicted molar refractivity (Wildman–Crippen MR) is 129 cm³/mol. The minimum Gasteiger partial charge on any atom is -0.379 e. The predicted octanol–water partition coefficient (Wildman–Crippen LogP) is 4.11. The molecule has 3 fully saturated rings. The molecule has 0 spiro atoms. The molecule has 2 saturated carbocycles. The summed E-state index contributed by atoms with van der Waals surface area (Å²) in [6, 6.07) is 10.5. The maximum absolute atomic E-state index is 13.0. The molecule has 1 aromatic carbocycles. The van der Waals surface area contributed by atoms with Crippen LogP contribution in [0.2, 0.25) is 0 Å². The number of benzene rings is 1. The molecule has 0 radical (unpaired) electrons. The molecule has 0 atom stereocenters. The third-order valence-electron chi connectivity index (χ3n) is 7.07. The number of ether oxygens (including phenoxy) is 1. The monoisotopic (exact) mass is 449 g/mol. The van der Waals surface area contributed by atoms with Gasteiger partial charge in [-0.3, -0.25) is 9.69 Å². The van der Waals surface area contributed by atoms with Gasteiger partial charge in [-0.25, -0.2) is 9.97 Å². The van der Waals surface area contributed by atoms with Crippen molar-refractivity contribution < 1.29 is 9.53 Å². The van der Waals surface area contributed by atoms with Crippen molar-refractivity contribution in [2.24, 2.45) is 5.92 Å². The van der Waals surface area contributed by atoms with Gasteiger partial charge >= 0.3 is 0 Å². The highest BCUT2D eigenvalue weighted by molar-refractivity contribution is 6.03. The van der Waals surface area contributed by atoms with Crippen LogP contribution >= 0.6 is 0 Å². The van der Waals surface area contributed by atoms with Crippen molar-refractivity contribution in [3.63, 3.8) is 0 Å². The molecule has 2 heterocycles. The van der Waals surface area contributed by atoms with Crippen LogP contribution in [0, 0.1) is 5.92 Å². The average Bonchev–Trinajstić information content (AvgIpc) is 3.69. The number of carbonyl (C=O) groups excluding carboxylic acids is 1. The first-order chi connectivity index (χ1) is 16.2. The van der Waals surface area contributed by atoms with Crippen LogP contribution in [0.1, 0.15) is 61.0 Å². The maximum Gasteiger partial charge on any atom is 0.274 e. The normalized spacial score (nSPS) is 19.9. The smallest absolute Gasteiger partial charge is 0.274 e. The second-order valence-corrected chi connectivity index (χ2v) is 9.69. The van der Waals surface area contributed by atoms with Gasteiger partial charge in [0.2, 0.25) is 0 Å². The van der Waals surface area contributed by atoms with E-state index in [0.717, 1.165) is 56.8 Å². The van der Waals surface area contributed by atoms with E-state index in [0.29, 0.717) is 11.7 Å². The lowest BCUT2D eigenvalue weighted by Gasteiger charge is -2.35. The Hall–Kier alpha value is -2.51. The van der Waals surface area contributed by atoms with E-state index >= 15 is 0 Å². The van der Waals surface area contributed by atoms with Gasteiger partial charge < -0.3 is 15.0 Å². The molecular formula is C26H35N5O2. The number of aromatic nitrogens is 2. The fraction of sp³-hybridized carbons (Fsp3) is 0.577. The highest BCUT2D eigenvalue weighted by Gasteiger charge is 2.30. The fourth-order valence-electron chi connectivity index (χ4n) is 4.94. The Kier molecular flexibility index (Phi) is 7.17. The molecule has 0 bridgehead atoms. The zero-order valence-electron chi connectivity index (χ0n) is 19.4. The van der Waals surface area contributed by atoms with Crippen LogP contribution < -0.4 is 10.2 Å². The molecule has 33 heavy (non-hydrogen) atoms. The van der Waals surface area contributed by atoms with Gasteiger partial charge in [-0.05, 0) is 49.3 Å². The topological polar surface area (TPSA) is 70.6 Å². The largest absolute Gasteiger partial charge is 0.379 e. The molecule has 176 valence electrons. The summed E-state index contributed by atoms with van der Waals surface area (Å²) in [5.74, 6) is 1.49. The lowest BCUT2D eigenvalue weighted by molar-refractivity contribution is 0.0342. The Bertz CT molecular complexity index is 919. The van der Waals surface area contributed by atoms with Crippen LogP contribution in [0.3, 0.4) is 0 Å². The lowest BCUT2D eigenvalue weighted by atomic mass is 9.94. The van der Waals surface area contributed by atoms with Gasteiger partial charge in [0.15, 0.2) is 0 Å². The number of nitrogens with one attached hydrogen (secondary N) is 1. The van der Waals surface area contributed by atoms with E-state index in [1.807, 2.05) is 18.2 Å². The summed E-state index contributed by atoms with van der Waals surface area (Å²) in [4.78, 5) is 26.7. The zero-order chi connectivity index (χ0) is 22.5. The van der Waals surface area contributed by atoms with Crippen molar-refractivity contribution in [2.45, 2.75) is 57.5 Å². The van der Waals surface area contributed by atoms with Crippen LogP contribution in [0.15, 0.2) is 36.7 Å². The van der Waals surface area contributed by atoms with Gasteiger partial charge in [0.1, 0.15) is 17.8 Å². The first-order valence-electron chi connectivity index (χ1n) is 12.5. The van der Waals surface area contributed by atoms with Gasteiger partial charge in [-0.2, -0.15) is 0 Å². The standard InChI is InChI=1S/C26H35N5O2/c32-26(29-22-10-8-20(9-11-22)17-30-12-14-33-15-13-30)24-16-25(28-19-27-24)31(18-21-6-7-21)23-4-2-1-3-5-23/h8-11,16,19,21,23H,1-7,12-15,17-18H2,(H,29,32). The van der Waals surface area contributed by atoms with Crippen LogP contribution in [-0.4, -0.2) is 59.7 Å². The van der Waals surface area contributed by atoms with Crippen molar-refractivity contribution in [1.82, 2.24) is 14.9 Å². The second-order valence-electron chi connectivity index (χ2n) is 9.69. The van der Waals surface area contributed by atoms with Crippen molar-refractivity contribution in [3.8, 4) is 0 Å². The van der Waals surface area contributed by atoms with Crippen LogP contribution in [0.4, 0.5) is 11.5 Å². The third-order valence-corrected chi connectivity index (χ3v) is 7.07. The summed E-state index contributed by atoms with van der Waals surface area (Å²) < 4.78 is 5.42. The van der Waals surface area contributed by atoms with Crippen molar-refractivity contribution in [2.75, 3.05) is 43.1 Å². The minimum absolute atomic E-state index is 0.186. The van der Waals surface area contributed by atoms with Crippen molar-refractivity contribution in [1.29, 1.82) is 0 Å². The number of hydrogen-bond donors (Lipinski definition) is 1. The SMILES string of the molecule is O=C(Nc1ccc(CN2CCOCC2)cc1)c1cc(N(CC2CC2)C2CCCCC2)ncn1. The maximum atomic E-state index is 13.0. The van der Waals surface area contributed by atoms with Crippen LogP contribution in [0.5, 0.6) is 0 Å². The van der Waals surface area contributed by atoms with E-state index < -0.39 is 0 Å². The highest BCUT2D eigenvalue weighted by Crippen LogP contribution is 2.34. The average molecular weight is 450 g/mol. The van der Waals surface area contributed by atoms with Crippen LogP contribution in [-0.2, 0) is 11.3 Å².